The first-order valence-electron chi connectivity index (χ1n) is 11.2. The van der Waals surface area contributed by atoms with E-state index in [4.69, 9.17) is 0 Å². The molecule has 1 aliphatic heterocycles. The van der Waals surface area contributed by atoms with E-state index in [1.165, 1.54) is 35.3 Å². The van der Waals surface area contributed by atoms with Gasteiger partial charge in [0.2, 0.25) is 5.91 Å². The first kappa shape index (κ1) is 22.5. The highest BCUT2D eigenvalue weighted by Gasteiger charge is 2.30. The first-order valence-corrected chi connectivity index (χ1v) is 12.1. The molecule has 2 aromatic rings. The second-order valence-corrected chi connectivity index (χ2v) is 9.57. The van der Waals surface area contributed by atoms with Crippen LogP contribution in [-0.2, 0) is 11.2 Å². The number of carbonyl (C=O) groups is 2. The van der Waals surface area contributed by atoms with Crippen molar-refractivity contribution in [3.05, 3.63) is 57.8 Å². The number of nitrogens with zero attached hydrogens (tertiary/aromatic N) is 1. The molecule has 0 spiro atoms. The molecule has 0 aliphatic carbocycles. The van der Waals surface area contributed by atoms with Crippen molar-refractivity contribution in [2.45, 2.75) is 58.9 Å². The third-order valence-electron chi connectivity index (χ3n) is 6.01. The molecule has 5 heteroatoms. The van der Waals surface area contributed by atoms with Crippen LogP contribution in [0.1, 0.15) is 73.3 Å². The summed E-state index contributed by atoms with van der Waals surface area (Å²) < 4.78 is 0. The minimum atomic E-state index is -0.0255. The highest BCUT2D eigenvalue weighted by Crippen LogP contribution is 2.26. The number of piperidine rings is 1. The number of amides is 2. The van der Waals surface area contributed by atoms with Crippen LogP contribution in [-0.4, -0.2) is 29.8 Å². The normalized spacial score (nSPS) is 15.9. The predicted octanol–water partition coefficient (Wildman–Crippen LogP) is 5.46. The molecule has 30 heavy (non-hydrogen) atoms. The average molecular weight is 427 g/mol. The van der Waals surface area contributed by atoms with Crippen LogP contribution in [0.3, 0.4) is 0 Å². The molecule has 1 N–H and O–H groups in total. The fourth-order valence-corrected chi connectivity index (χ4v) is 4.77. The molecule has 1 aliphatic rings. The highest BCUT2D eigenvalue weighted by molar-refractivity contribution is 7.12. The van der Waals surface area contributed by atoms with Gasteiger partial charge < -0.3 is 10.2 Å². The summed E-state index contributed by atoms with van der Waals surface area (Å²) in [5.74, 6) is 0.498. The SMILES string of the molecule is CCCCc1ccc([C@H](NC(=O)C2CCN(C(=O)c3cccs3)CC2)C(C)C)cc1. The van der Waals surface area contributed by atoms with Crippen molar-refractivity contribution in [1.29, 1.82) is 0 Å². The lowest BCUT2D eigenvalue weighted by Crippen LogP contribution is -2.44. The van der Waals surface area contributed by atoms with E-state index in [0.717, 1.165) is 24.1 Å². The minimum Gasteiger partial charge on any atom is -0.349 e. The van der Waals surface area contributed by atoms with Crippen molar-refractivity contribution in [2.24, 2.45) is 11.8 Å². The van der Waals surface area contributed by atoms with Crippen molar-refractivity contribution in [2.75, 3.05) is 13.1 Å². The number of hydrogen-bond donors (Lipinski definition) is 1. The van der Waals surface area contributed by atoms with E-state index in [1.807, 2.05) is 22.4 Å². The zero-order valence-corrected chi connectivity index (χ0v) is 19.2. The van der Waals surface area contributed by atoms with E-state index in [2.05, 4.69) is 50.4 Å². The summed E-state index contributed by atoms with van der Waals surface area (Å²) in [5.41, 5.74) is 2.53. The monoisotopic (exact) mass is 426 g/mol. The van der Waals surface area contributed by atoms with Gasteiger partial charge in [0.05, 0.1) is 10.9 Å². The summed E-state index contributed by atoms with van der Waals surface area (Å²) in [4.78, 5) is 28.2. The Morgan fingerprint density at radius 1 is 1.13 bits per heavy atom. The van der Waals surface area contributed by atoms with E-state index < -0.39 is 0 Å². The van der Waals surface area contributed by atoms with E-state index in [1.54, 1.807) is 0 Å². The number of likely N-dealkylation sites (tertiary alicyclic amines) is 1. The van der Waals surface area contributed by atoms with Crippen LogP contribution in [0.15, 0.2) is 41.8 Å². The van der Waals surface area contributed by atoms with Crippen molar-refractivity contribution in [3.63, 3.8) is 0 Å². The molecule has 0 unspecified atom stereocenters. The molecule has 2 heterocycles. The van der Waals surface area contributed by atoms with Crippen LogP contribution >= 0.6 is 11.3 Å². The molecule has 0 bridgehead atoms. The van der Waals surface area contributed by atoms with Crippen LogP contribution in [0.25, 0.3) is 0 Å². The molecule has 3 rings (SSSR count). The van der Waals surface area contributed by atoms with Gasteiger partial charge in [0.1, 0.15) is 0 Å². The Kier molecular flexibility index (Phi) is 8.08. The third-order valence-corrected chi connectivity index (χ3v) is 6.87. The Labute approximate surface area is 184 Å². The van der Waals surface area contributed by atoms with Gasteiger partial charge >= 0.3 is 0 Å². The quantitative estimate of drug-likeness (QED) is 0.610. The topological polar surface area (TPSA) is 49.4 Å². The molecule has 1 saturated heterocycles. The lowest BCUT2D eigenvalue weighted by molar-refractivity contribution is -0.127. The molecular weight excluding hydrogens is 392 g/mol. The molecule has 1 atom stereocenters. The van der Waals surface area contributed by atoms with Gasteiger partial charge in [-0.25, -0.2) is 0 Å². The summed E-state index contributed by atoms with van der Waals surface area (Å²) >= 11 is 1.48. The maximum atomic E-state index is 13.0. The van der Waals surface area contributed by atoms with Gasteiger partial charge in [-0.2, -0.15) is 0 Å². The maximum Gasteiger partial charge on any atom is 0.263 e. The number of carbonyl (C=O) groups excluding carboxylic acids is 2. The first-order chi connectivity index (χ1) is 14.5. The average Bonchev–Trinajstić information content (AvgIpc) is 3.30. The number of nitrogens with one attached hydrogen (secondary N) is 1. The number of unbranched alkanes of at least 4 members (excludes halogenated alkanes) is 1. The summed E-state index contributed by atoms with van der Waals surface area (Å²) in [7, 11) is 0. The Morgan fingerprint density at radius 3 is 2.40 bits per heavy atom. The van der Waals surface area contributed by atoms with Gasteiger partial charge in [-0.05, 0) is 54.2 Å². The number of benzene rings is 1. The Bertz CT molecular complexity index is 806. The predicted molar refractivity (Wildman–Crippen MR) is 124 cm³/mol. The van der Waals surface area contributed by atoms with Crippen molar-refractivity contribution >= 4 is 23.2 Å². The summed E-state index contributed by atoms with van der Waals surface area (Å²) in [6.07, 6.45) is 4.97. The fourth-order valence-electron chi connectivity index (χ4n) is 4.08. The molecule has 1 aromatic carbocycles. The number of hydrogen-bond acceptors (Lipinski definition) is 3. The van der Waals surface area contributed by atoms with Gasteiger partial charge in [0.25, 0.3) is 5.91 Å². The molecule has 2 amide bonds. The standard InChI is InChI=1S/C25H34N2O2S/c1-4-5-7-19-9-11-20(12-10-19)23(18(2)3)26-24(28)21-13-15-27(16-14-21)25(29)22-8-6-17-30-22/h6,8-12,17-18,21,23H,4-5,7,13-16H2,1-3H3,(H,26,28)/t23-/m1/s1. The molecular formula is C25H34N2O2S. The highest BCUT2D eigenvalue weighted by atomic mass is 32.1. The molecule has 0 radical (unpaired) electrons. The van der Waals surface area contributed by atoms with Gasteiger partial charge in [-0.15, -0.1) is 11.3 Å². The van der Waals surface area contributed by atoms with Crippen LogP contribution in [0.4, 0.5) is 0 Å². The molecule has 1 aromatic heterocycles. The van der Waals surface area contributed by atoms with Crippen LogP contribution in [0.2, 0.25) is 0 Å². The van der Waals surface area contributed by atoms with Gasteiger partial charge in [-0.1, -0.05) is 57.5 Å². The second kappa shape index (κ2) is 10.8. The van der Waals surface area contributed by atoms with E-state index >= 15 is 0 Å². The van der Waals surface area contributed by atoms with Gasteiger partial charge in [0, 0.05) is 19.0 Å². The molecule has 0 saturated carbocycles. The van der Waals surface area contributed by atoms with Gasteiger partial charge in [-0.3, -0.25) is 9.59 Å². The molecule has 1 fully saturated rings. The zero-order chi connectivity index (χ0) is 21.5. The van der Waals surface area contributed by atoms with Gasteiger partial charge in [0.15, 0.2) is 0 Å². The smallest absolute Gasteiger partial charge is 0.263 e. The van der Waals surface area contributed by atoms with Crippen molar-refractivity contribution < 1.29 is 9.59 Å². The third kappa shape index (κ3) is 5.72. The minimum absolute atomic E-state index is 0.0171. The second-order valence-electron chi connectivity index (χ2n) is 8.62. The van der Waals surface area contributed by atoms with E-state index in [9.17, 15) is 9.59 Å². The van der Waals surface area contributed by atoms with Crippen molar-refractivity contribution in [3.8, 4) is 0 Å². The van der Waals surface area contributed by atoms with E-state index in [-0.39, 0.29) is 23.8 Å². The van der Waals surface area contributed by atoms with Crippen LogP contribution in [0.5, 0.6) is 0 Å². The number of aryl methyl sites for hydroxylation is 1. The Balaban J connectivity index is 1.56. The summed E-state index contributed by atoms with van der Waals surface area (Å²) in [5, 5.41) is 5.22. The van der Waals surface area contributed by atoms with Crippen LogP contribution < -0.4 is 5.32 Å². The summed E-state index contributed by atoms with van der Waals surface area (Å²) in [6, 6.07) is 12.5. The lowest BCUT2D eigenvalue weighted by Gasteiger charge is -2.32. The number of rotatable bonds is 8. The molecule has 162 valence electrons. The van der Waals surface area contributed by atoms with Crippen molar-refractivity contribution in [1.82, 2.24) is 10.2 Å². The summed E-state index contributed by atoms with van der Waals surface area (Å²) in [6.45, 7) is 7.80. The Hall–Kier alpha value is -2.14. The fraction of sp³-hybridized carbons (Fsp3) is 0.520. The molecule has 4 nitrogen and oxygen atoms in total. The number of thiophene rings is 1. The Morgan fingerprint density at radius 2 is 1.83 bits per heavy atom. The maximum absolute atomic E-state index is 13.0. The largest absolute Gasteiger partial charge is 0.349 e. The zero-order valence-electron chi connectivity index (χ0n) is 18.4. The van der Waals surface area contributed by atoms with Crippen LogP contribution in [0, 0.1) is 11.8 Å². The van der Waals surface area contributed by atoms with E-state index in [0.29, 0.717) is 19.0 Å². The lowest BCUT2D eigenvalue weighted by atomic mass is 9.91.